The number of carbonyl (C=O) groups is 2. The van der Waals surface area contributed by atoms with Gasteiger partial charge >= 0.3 is 12.2 Å². The number of ether oxygens (including phenoxy) is 9. The number of hydrogen-bond donors (Lipinski definition) is 6. The molecule has 8 aliphatic rings. The molecule has 27 nitrogen and oxygen atoms in total. The zero-order valence-corrected chi connectivity index (χ0v) is 51.7. The van der Waals surface area contributed by atoms with E-state index in [0.717, 1.165) is 112 Å². The molecule has 2 aromatic carbocycles. The number of hydroxylamine groups is 2. The Balaban J connectivity index is 0.000000200. The zero-order chi connectivity index (χ0) is 61.8. The first-order chi connectivity index (χ1) is 42.0. The van der Waals surface area contributed by atoms with Crippen LogP contribution in [0.5, 0.6) is 11.5 Å². The predicted octanol–water partition coefficient (Wildman–Crippen LogP) is 3.08. The molecular formula is C58H92N6O21S2. The molecule has 6 aliphatic heterocycles. The summed E-state index contributed by atoms with van der Waals surface area (Å²) >= 11 is 0. The van der Waals surface area contributed by atoms with Gasteiger partial charge in [0.2, 0.25) is 0 Å². The monoisotopic (exact) mass is 1270 g/mol. The van der Waals surface area contributed by atoms with E-state index in [-0.39, 0.29) is 78.5 Å². The van der Waals surface area contributed by atoms with E-state index >= 15 is 0 Å². The Hall–Kier alpha value is -4.12. The van der Waals surface area contributed by atoms with Crippen LogP contribution in [0.15, 0.2) is 58.3 Å². The summed E-state index contributed by atoms with van der Waals surface area (Å²) in [7, 11) is -8.37. The number of nitrogens with one attached hydrogen (secondary N) is 2. The van der Waals surface area contributed by atoms with E-state index in [9.17, 15) is 41.7 Å². The Kier molecular flexibility index (Phi) is 27.2. The number of amides is 2. The molecule has 10 rings (SSSR count). The summed E-state index contributed by atoms with van der Waals surface area (Å²) in [4.78, 5) is 41.4. The molecule has 6 heterocycles. The third-order valence-electron chi connectivity index (χ3n) is 16.8. The van der Waals surface area contributed by atoms with Gasteiger partial charge in [-0.1, -0.05) is 60.6 Å². The summed E-state index contributed by atoms with van der Waals surface area (Å²) in [6, 6.07) is 10.0. The maximum absolute atomic E-state index is 13.9. The van der Waals surface area contributed by atoms with Crippen LogP contribution in [0.3, 0.4) is 0 Å². The highest BCUT2D eigenvalue weighted by Crippen LogP contribution is 2.35. The van der Waals surface area contributed by atoms with Crippen LogP contribution < -0.4 is 15.4 Å². The molecule has 2 saturated carbocycles. The molecule has 6 saturated heterocycles. The molecule has 2 unspecified atom stereocenters. The number of alkyl carbamates (subject to hydrolysis) is 2. The number of benzene rings is 2. The van der Waals surface area contributed by atoms with Gasteiger partial charge in [-0.15, -0.1) is 0 Å². The molecule has 0 spiro atoms. The molecule has 2 amide bonds. The number of hydrogen-bond acceptors (Lipinski definition) is 23. The smallest absolute Gasteiger partial charge is 0.407 e. The van der Waals surface area contributed by atoms with Crippen molar-refractivity contribution in [3.05, 3.63) is 48.5 Å². The van der Waals surface area contributed by atoms with Crippen molar-refractivity contribution in [2.24, 2.45) is 11.8 Å². The van der Waals surface area contributed by atoms with Gasteiger partial charge in [0.15, 0.2) is 12.6 Å². The highest BCUT2D eigenvalue weighted by atomic mass is 32.2. The van der Waals surface area contributed by atoms with Crippen LogP contribution in [0, 0.1) is 11.8 Å². The Morgan fingerprint density at radius 1 is 0.621 bits per heavy atom. The minimum absolute atomic E-state index is 0.00319. The lowest BCUT2D eigenvalue weighted by Crippen LogP contribution is -2.50. The number of aliphatic hydroxyl groups is 3. The fourth-order valence-corrected chi connectivity index (χ4v) is 14.3. The molecule has 0 bridgehead atoms. The number of phenols is 1. The number of aliphatic hydroxyl groups excluding tert-OH is 3. The predicted molar refractivity (Wildman–Crippen MR) is 311 cm³/mol. The quantitative estimate of drug-likeness (QED) is 0.0737. The number of sulfonamides is 2. The van der Waals surface area contributed by atoms with Gasteiger partial charge in [-0.3, -0.25) is 19.5 Å². The molecule has 87 heavy (non-hydrogen) atoms. The fourth-order valence-electron chi connectivity index (χ4n) is 11.6. The van der Waals surface area contributed by atoms with E-state index < -0.39 is 75.3 Å². The van der Waals surface area contributed by atoms with Crippen molar-refractivity contribution in [1.82, 2.24) is 29.4 Å². The number of nitrogens with zero attached hydrogens (tertiary/aromatic N) is 4. The van der Waals surface area contributed by atoms with Crippen molar-refractivity contribution >= 4 is 32.2 Å². The highest BCUT2D eigenvalue weighted by Gasteiger charge is 2.46. The van der Waals surface area contributed by atoms with E-state index in [1.807, 2.05) is 0 Å². The first-order valence-electron chi connectivity index (χ1n) is 30.9. The number of aromatic hydroxyl groups is 1. The topological polar surface area (TPSA) is 322 Å². The molecule has 29 heteroatoms. The normalized spacial score (nSPS) is 26.0. The Bertz CT molecular complexity index is 2630. The molecule has 10 atom stereocenters. The van der Waals surface area contributed by atoms with Crippen LogP contribution in [0.2, 0.25) is 0 Å². The standard InChI is InChI=1S/C29H45N3O10S.C23H34N2O9S.C6H13NO2/c1-2-25(30-29(34)41-27-20-40-28-24(27)10-14-39-28)26(33)19-32(42-21-6-3-4-7-21)43(35,36)23-9-5-8-22(18-23)38-17-13-31-11-15-37-16-12-31;1-2-19(24-23(28)33-21-14-32-22-18(21)10-11-31-22)20(27)13-25(34-16-7-3-4-8-16)35(29,30)17-9-5-6-15(26)12-17;8-4-1-7-2-5-9-6-3-7/h5,8-9,18,21,24-28,33H,2-4,6-7,10-17,19-20H2,1H3,(H,30,34);5-6,9,12,16,18-22,26-27H,2-4,7-8,10-11,13-14H2,1H3,(H,24,28);8H,1-6H2/t24-,25?,26+,27-,28+;18-,19?,20+,21-,22+;/m00./s1. The van der Waals surface area contributed by atoms with E-state index in [1.54, 1.807) is 26.0 Å². The number of fused-ring (bicyclic) bond motifs is 2. The number of β-amino-alcohol motifs (C(OH)–C–C–N with tert-alkyl or cyclic N) is 1. The summed E-state index contributed by atoms with van der Waals surface area (Å²) in [5.74, 6) is 0.190. The van der Waals surface area contributed by atoms with Crippen LogP contribution in [0.1, 0.15) is 90.9 Å². The maximum Gasteiger partial charge on any atom is 0.407 e. The largest absolute Gasteiger partial charge is 0.508 e. The van der Waals surface area contributed by atoms with E-state index in [4.69, 9.17) is 57.4 Å². The van der Waals surface area contributed by atoms with E-state index in [0.29, 0.717) is 71.0 Å². The van der Waals surface area contributed by atoms with Crippen LogP contribution in [-0.2, 0) is 67.6 Å². The zero-order valence-electron chi connectivity index (χ0n) is 50.1. The molecular weight excluding hydrogens is 1180 g/mol. The molecule has 2 aromatic rings. The van der Waals surface area contributed by atoms with Gasteiger partial charge in [0, 0.05) is 45.3 Å². The van der Waals surface area contributed by atoms with Gasteiger partial charge < -0.3 is 73.7 Å². The van der Waals surface area contributed by atoms with Crippen LogP contribution in [0.25, 0.3) is 0 Å². The number of morpholine rings is 2. The van der Waals surface area contributed by atoms with E-state index in [1.165, 1.54) is 30.3 Å². The third kappa shape index (κ3) is 20.2. The molecule has 492 valence electrons. The Morgan fingerprint density at radius 3 is 1.52 bits per heavy atom. The summed E-state index contributed by atoms with van der Waals surface area (Å²) in [6.07, 6.45) is 2.65. The van der Waals surface area contributed by atoms with Crippen molar-refractivity contribution in [2.75, 3.05) is 118 Å². The lowest BCUT2D eigenvalue weighted by molar-refractivity contribution is -0.145. The van der Waals surface area contributed by atoms with Gasteiger partial charge in [0.05, 0.1) is 131 Å². The summed E-state index contributed by atoms with van der Waals surface area (Å²) in [6.45, 7) is 13.2. The average molecular weight is 1270 g/mol. The van der Waals surface area contributed by atoms with Crippen molar-refractivity contribution in [2.45, 2.75) is 162 Å². The highest BCUT2D eigenvalue weighted by molar-refractivity contribution is 7.89. The molecule has 0 aromatic heterocycles. The van der Waals surface area contributed by atoms with Crippen molar-refractivity contribution < 1.29 is 99.2 Å². The fraction of sp³-hybridized carbons (Fsp3) is 0.759. The van der Waals surface area contributed by atoms with Gasteiger partial charge in [-0.2, -0.15) is 0 Å². The molecule has 0 radical (unpaired) electrons. The number of rotatable bonds is 26. The van der Waals surface area contributed by atoms with Gasteiger partial charge in [-0.25, -0.2) is 26.4 Å². The lowest BCUT2D eigenvalue weighted by atomic mass is 10.0. The van der Waals surface area contributed by atoms with Crippen LogP contribution in [0.4, 0.5) is 9.59 Å². The van der Waals surface area contributed by atoms with Crippen LogP contribution in [-0.4, -0.2) is 248 Å². The maximum atomic E-state index is 13.9. The second-order valence-corrected chi connectivity index (χ2v) is 26.5. The average Bonchev–Trinajstić information content (AvgIpc) is 3.87. The Morgan fingerprint density at radius 2 is 1.07 bits per heavy atom. The minimum Gasteiger partial charge on any atom is -0.508 e. The van der Waals surface area contributed by atoms with Gasteiger partial charge in [-0.05, 0) is 81.7 Å². The molecule has 6 N–H and O–H groups in total. The number of carbonyl (C=O) groups excluding carboxylic acids is 2. The van der Waals surface area contributed by atoms with Gasteiger partial charge in [0.25, 0.3) is 20.0 Å². The summed E-state index contributed by atoms with van der Waals surface area (Å²) in [5.41, 5.74) is 0. The minimum atomic E-state index is -4.19. The first-order valence-corrected chi connectivity index (χ1v) is 33.8. The second kappa shape index (κ2) is 34.3. The van der Waals surface area contributed by atoms with Gasteiger partial charge in [0.1, 0.15) is 30.3 Å². The van der Waals surface area contributed by atoms with Crippen LogP contribution >= 0.6 is 0 Å². The van der Waals surface area contributed by atoms with E-state index in [2.05, 4.69) is 20.4 Å². The van der Waals surface area contributed by atoms with Crippen molar-refractivity contribution in [1.29, 1.82) is 0 Å². The van der Waals surface area contributed by atoms with Crippen molar-refractivity contribution in [3.8, 4) is 11.5 Å². The molecule has 8 fully saturated rings. The van der Waals surface area contributed by atoms with Crippen molar-refractivity contribution in [3.63, 3.8) is 0 Å². The second-order valence-electron chi connectivity index (χ2n) is 22.8. The summed E-state index contributed by atoms with van der Waals surface area (Å²) in [5, 5.41) is 45.8. The molecule has 2 aliphatic carbocycles. The lowest BCUT2D eigenvalue weighted by Gasteiger charge is -2.30. The first kappa shape index (κ1) is 68.8. The summed E-state index contributed by atoms with van der Waals surface area (Å²) < 4.78 is 105. The SMILES string of the molecule is CCC(NC(=O)O[C@H]1CO[C@H]2OCC[C@H]21)[C@H](O)CN(OC1CCCC1)S(=O)(=O)c1cccc(O)c1.CCC(NC(=O)O[C@H]1CO[C@H]2OCC[C@H]21)[C@H](O)CN(OC1CCCC1)S(=O)(=O)c1cccc(OCCN2CCOCC2)c1.OCCN1CCOCC1. The number of phenolic OH excluding ortho intramolecular Hbond substituents is 1. The third-order valence-corrected chi connectivity index (χ3v) is 20.0. The Labute approximate surface area is 511 Å².